The van der Waals surface area contributed by atoms with Gasteiger partial charge in [0.25, 0.3) is 10.0 Å². The number of aromatic amines is 1. The van der Waals surface area contributed by atoms with E-state index in [0.717, 1.165) is 5.56 Å². The molecule has 0 spiro atoms. The highest BCUT2D eigenvalue weighted by molar-refractivity contribution is 7.92. The van der Waals surface area contributed by atoms with E-state index in [1.807, 2.05) is 6.07 Å². The molecule has 1 aromatic carbocycles. The highest BCUT2D eigenvalue weighted by Crippen LogP contribution is 2.16. The predicted molar refractivity (Wildman–Crippen MR) is 75.0 cm³/mol. The summed E-state index contributed by atoms with van der Waals surface area (Å²) < 4.78 is 28.3. The van der Waals surface area contributed by atoms with Crippen LogP contribution in [-0.2, 0) is 16.6 Å². The van der Waals surface area contributed by atoms with E-state index < -0.39 is 10.0 Å². The van der Waals surface area contributed by atoms with Crippen molar-refractivity contribution in [1.29, 1.82) is 0 Å². The summed E-state index contributed by atoms with van der Waals surface area (Å²) in [6.07, 6.45) is 4.43. The van der Waals surface area contributed by atoms with E-state index in [4.69, 9.17) is 0 Å². The summed E-state index contributed by atoms with van der Waals surface area (Å²) in [6, 6.07) is 8.47. The molecule has 0 aliphatic rings. The van der Waals surface area contributed by atoms with Crippen LogP contribution < -0.4 is 4.72 Å². The molecule has 3 rings (SSSR count). The second kappa shape index (κ2) is 5.37. The van der Waals surface area contributed by atoms with Crippen molar-refractivity contribution in [3.8, 4) is 0 Å². The monoisotopic (exact) mass is 304 g/mol. The lowest BCUT2D eigenvalue weighted by Gasteiger charge is -2.08. The van der Waals surface area contributed by atoms with Crippen molar-refractivity contribution in [2.45, 2.75) is 11.6 Å². The molecule has 8 nitrogen and oxygen atoms in total. The minimum Gasteiger partial charge on any atom is -0.278 e. The Morgan fingerprint density at radius 1 is 1.29 bits per heavy atom. The fourth-order valence-electron chi connectivity index (χ4n) is 1.84. The van der Waals surface area contributed by atoms with Gasteiger partial charge >= 0.3 is 0 Å². The molecule has 0 amide bonds. The maximum absolute atomic E-state index is 12.1. The van der Waals surface area contributed by atoms with E-state index in [-0.39, 0.29) is 5.03 Å². The molecule has 0 radical (unpaired) electrons. The van der Waals surface area contributed by atoms with Crippen LogP contribution in [-0.4, -0.2) is 33.4 Å². The number of rotatable bonds is 5. The number of aromatic nitrogens is 5. The van der Waals surface area contributed by atoms with E-state index in [1.54, 1.807) is 29.2 Å². The van der Waals surface area contributed by atoms with Crippen molar-refractivity contribution in [2.75, 3.05) is 4.72 Å². The summed E-state index contributed by atoms with van der Waals surface area (Å²) in [6.45, 7) is 0.514. The van der Waals surface area contributed by atoms with Gasteiger partial charge in [0.1, 0.15) is 12.7 Å². The first-order valence-corrected chi connectivity index (χ1v) is 7.55. The zero-order valence-corrected chi connectivity index (χ0v) is 11.7. The van der Waals surface area contributed by atoms with Crippen LogP contribution in [0.4, 0.5) is 5.69 Å². The van der Waals surface area contributed by atoms with E-state index in [1.165, 1.54) is 18.6 Å². The molecule has 9 heteroatoms. The summed E-state index contributed by atoms with van der Waals surface area (Å²) in [5, 5.41) is 10.1. The first-order valence-electron chi connectivity index (χ1n) is 6.07. The van der Waals surface area contributed by atoms with Crippen molar-refractivity contribution in [3.63, 3.8) is 0 Å². The molecule has 3 aromatic rings. The smallest absolute Gasteiger partial charge is 0.278 e. The van der Waals surface area contributed by atoms with Gasteiger partial charge in [-0.05, 0) is 23.8 Å². The average Bonchev–Trinajstić information content (AvgIpc) is 3.11. The quantitative estimate of drug-likeness (QED) is 0.727. The van der Waals surface area contributed by atoms with Gasteiger partial charge in [-0.3, -0.25) is 9.82 Å². The number of benzene rings is 1. The van der Waals surface area contributed by atoms with Crippen LogP contribution in [0.15, 0.2) is 54.2 Å². The topological polar surface area (TPSA) is 106 Å². The fraction of sp³-hybridized carbons (Fsp3) is 0.0833. The van der Waals surface area contributed by atoms with Crippen molar-refractivity contribution in [1.82, 2.24) is 25.0 Å². The van der Waals surface area contributed by atoms with Crippen molar-refractivity contribution in [3.05, 3.63) is 54.7 Å². The number of hydrogen-bond acceptors (Lipinski definition) is 5. The predicted octanol–water partition coefficient (Wildman–Crippen LogP) is 0.850. The zero-order chi connectivity index (χ0) is 14.7. The van der Waals surface area contributed by atoms with Gasteiger partial charge in [0.2, 0.25) is 0 Å². The number of nitrogens with zero attached hydrogens (tertiary/aromatic N) is 4. The normalized spacial score (nSPS) is 11.4. The number of sulfonamides is 1. The summed E-state index contributed by atoms with van der Waals surface area (Å²) in [5.74, 6) is 0. The molecule has 2 N–H and O–H groups in total. The van der Waals surface area contributed by atoms with Crippen LogP contribution in [0.3, 0.4) is 0 Å². The molecular weight excluding hydrogens is 292 g/mol. The van der Waals surface area contributed by atoms with Gasteiger partial charge in [0.15, 0.2) is 5.03 Å². The van der Waals surface area contributed by atoms with Gasteiger partial charge < -0.3 is 0 Å². The van der Waals surface area contributed by atoms with E-state index in [9.17, 15) is 8.42 Å². The van der Waals surface area contributed by atoms with Crippen molar-refractivity contribution in [2.24, 2.45) is 0 Å². The van der Waals surface area contributed by atoms with E-state index >= 15 is 0 Å². The summed E-state index contributed by atoms with van der Waals surface area (Å²) in [7, 11) is -3.65. The van der Waals surface area contributed by atoms with E-state index in [0.29, 0.717) is 12.2 Å². The third kappa shape index (κ3) is 3.08. The zero-order valence-electron chi connectivity index (χ0n) is 10.8. The molecule has 108 valence electrons. The van der Waals surface area contributed by atoms with Gasteiger partial charge in [-0.15, -0.1) is 0 Å². The van der Waals surface area contributed by atoms with Crippen LogP contribution in [0.2, 0.25) is 0 Å². The molecule has 0 aliphatic carbocycles. The first-order chi connectivity index (χ1) is 10.1. The minimum atomic E-state index is -3.65. The lowest BCUT2D eigenvalue weighted by atomic mass is 10.2. The number of nitrogens with one attached hydrogen (secondary N) is 2. The molecule has 0 bridgehead atoms. The van der Waals surface area contributed by atoms with Crippen LogP contribution in [0.1, 0.15) is 5.56 Å². The van der Waals surface area contributed by atoms with Crippen LogP contribution >= 0.6 is 0 Å². The summed E-state index contributed by atoms with van der Waals surface area (Å²) >= 11 is 0. The van der Waals surface area contributed by atoms with Crippen molar-refractivity contribution >= 4 is 15.7 Å². The maximum atomic E-state index is 12.1. The van der Waals surface area contributed by atoms with Gasteiger partial charge in [0, 0.05) is 5.69 Å². The Balaban J connectivity index is 1.80. The third-order valence-electron chi connectivity index (χ3n) is 2.76. The molecular formula is C12H12N6O2S. The Kier molecular flexibility index (Phi) is 3.40. The molecule has 21 heavy (non-hydrogen) atoms. The van der Waals surface area contributed by atoms with Crippen LogP contribution in [0, 0.1) is 0 Å². The first kappa shape index (κ1) is 13.3. The van der Waals surface area contributed by atoms with Crippen LogP contribution in [0.25, 0.3) is 0 Å². The second-order valence-corrected chi connectivity index (χ2v) is 5.97. The third-order valence-corrected chi connectivity index (χ3v) is 4.07. The SMILES string of the molecule is O=S(=O)(Nc1cccc(Cn2cncn2)c1)c1ccn[nH]1. The largest absolute Gasteiger partial charge is 0.278 e. The highest BCUT2D eigenvalue weighted by atomic mass is 32.2. The number of hydrogen-bond donors (Lipinski definition) is 2. The standard InChI is InChI=1S/C12H12N6O2S/c19-21(20,12-4-5-14-16-12)17-11-3-1-2-10(6-11)7-18-9-13-8-15-18/h1-6,8-9,17H,7H2,(H,14,16). The molecule has 0 unspecified atom stereocenters. The van der Waals surface area contributed by atoms with E-state index in [2.05, 4.69) is 25.0 Å². The highest BCUT2D eigenvalue weighted by Gasteiger charge is 2.15. The second-order valence-electron chi connectivity index (χ2n) is 4.32. The molecule has 0 saturated heterocycles. The maximum Gasteiger partial charge on any atom is 0.278 e. The lowest BCUT2D eigenvalue weighted by Crippen LogP contribution is -2.13. The Bertz CT molecular complexity index is 811. The number of H-pyrrole nitrogens is 1. The van der Waals surface area contributed by atoms with Gasteiger partial charge in [-0.1, -0.05) is 12.1 Å². The Morgan fingerprint density at radius 2 is 2.19 bits per heavy atom. The van der Waals surface area contributed by atoms with Crippen molar-refractivity contribution < 1.29 is 8.42 Å². The van der Waals surface area contributed by atoms with Gasteiger partial charge in [-0.2, -0.15) is 18.6 Å². The van der Waals surface area contributed by atoms with Crippen LogP contribution in [0.5, 0.6) is 0 Å². The molecule has 2 heterocycles. The molecule has 0 fully saturated rings. The van der Waals surface area contributed by atoms with Gasteiger partial charge in [-0.25, -0.2) is 9.67 Å². The lowest BCUT2D eigenvalue weighted by molar-refractivity contribution is 0.597. The molecule has 0 saturated carbocycles. The summed E-state index contributed by atoms with van der Waals surface area (Å²) in [4.78, 5) is 3.86. The Labute approximate surface area is 120 Å². The minimum absolute atomic E-state index is 0.0178. The molecule has 2 aromatic heterocycles. The Hall–Kier alpha value is -2.68. The number of anilines is 1. The molecule has 0 aliphatic heterocycles. The molecule has 0 atom stereocenters. The fourth-order valence-corrected chi connectivity index (χ4v) is 2.80. The average molecular weight is 304 g/mol. The summed E-state index contributed by atoms with van der Waals surface area (Å²) in [5.41, 5.74) is 1.38. The Morgan fingerprint density at radius 3 is 2.90 bits per heavy atom. The van der Waals surface area contributed by atoms with Gasteiger partial charge in [0.05, 0.1) is 12.7 Å².